The molecule has 1 amide bonds. The second-order valence-electron chi connectivity index (χ2n) is 5.78. The first-order chi connectivity index (χ1) is 10.1. The van der Waals surface area contributed by atoms with Crippen LogP contribution in [0.25, 0.3) is 0 Å². The first-order valence-electron chi connectivity index (χ1n) is 7.40. The van der Waals surface area contributed by atoms with E-state index in [1.807, 2.05) is 6.07 Å². The van der Waals surface area contributed by atoms with Gasteiger partial charge in [0.2, 0.25) is 5.28 Å². The Kier molecular flexibility index (Phi) is 4.14. The zero-order valence-corrected chi connectivity index (χ0v) is 12.5. The molecular formula is C14H19ClN4O2. The number of hydrogen-bond donors (Lipinski definition) is 2. The summed E-state index contributed by atoms with van der Waals surface area (Å²) in [5, 5.41) is 11.6. The fraction of sp³-hybridized carbons (Fsp3) is 0.643. The van der Waals surface area contributed by atoms with Crippen LogP contribution in [0.1, 0.15) is 43.7 Å². The minimum atomic E-state index is -0.978. The van der Waals surface area contributed by atoms with Crippen LogP contribution in [0.5, 0.6) is 0 Å². The van der Waals surface area contributed by atoms with Crippen LogP contribution in [0, 0.1) is 0 Å². The van der Waals surface area contributed by atoms with Crippen molar-refractivity contribution in [2.45, 2.75) is 44.1 Å². The van der Waals surface area contributed by atoms with Crippen LogP contribution in [0.2, 0.25) is 5.28 Å². The Bertz CT molecular complexity index is 534. The molecule has 2 fully saturated rings. The number of nitrogens with zero attached hydrogens (tertiary/aromatic N) is 3. The maximum absolute atomic E-state index is 10.7. The van der Waals surface area contributed by atoms with E-state index in [0.717, 1.165) is 37.3 Å². The van der Waals surface area contributed by atoms with Gasteiger partial charge in [0.25, 0.3) is 0 Å². The maximum Gasteiger partial charge on any atom is 0.404 e. The van der Waals surface area contributed by atoms with Gasteiger partial charge < -0.3 is 15.3 Å². The fourth-order valence-electron chi connectivity index (χ4n) is 3.28. The maximum atomic E-state index is 10.7. The lowest BCUT2D eigenvalue weighted by Gasteiger charge is -2.19. The molecule has 3 rings (SSSR count). The summed E-state index contributed by atoms with van der Waals surface area (Å²) in [6.45, 7) is 1.41. The summed E-state index contributed by atoms with van der Waals surface area (Å²) in [7, 11) is 0. The molecule has 1 atom stereocenters. The number of aromatic nitrogens is 2. The van der Waals surface area contributed by atoms with Crippen LogP contribution in [0.3, 0.4) is 0 Å². The van der Waals surface area contributed by atoms with Gasteiger partial charge in [-0.2, -0.15) is 0 Å². The highest BCUT2D eigenvalue weighted by atomic mass is 35.5. The third-order valence-electron chi connectivity index (χ3n) is 4.32. The molecule has 2 N–H and O–H groups in total. The van der Waals surface area contributed by atoms with Crippen LogP contribution in [-0.4, -0.2) is 40.3 Å². The van der Waals surface area contributed by atoms with Crippen molar-refractivity contribution in [3.05, 3.63) is 17.0 Å². The minimum Gasteiger partial charge on any atom is -0.465 e. The second kappa shape index (κ2) is 6.05. The van der Waals surface area contributed by atoms with Crippen molar-refractivity contribution in [3.63, 3.8) is 0 Å². The quantitative estimate of drug-likeness (QED) is 0.839. The van der Waals surface area contributed by atoms with Gasteiger partial charge in [-0.15, -0.1) is 0 Å². The molecule has 1 aliphatic carbocycles. The summed E-state index contributed by atoms with van der Waals surface area (Å²) in [5.41, 5.74) is 1.03. The van der Waals surface area contributed by atoms with E-state index in [0.29, 0.717) is 12.5 Å². The molecule has 2 heterocycles. The van der Waals surface area contributed by atoms with Crippen LogP contribution >= 0.6 is 11.6 Å². The van der Waals surface area contributed by atoms with Crippen molar-refractivity contribution in [3.8, 4) is 0 Å². The molecule has 21 heavy (non-hydrogen) atoms. The van der Waals surface area contributed by atoms with Gasteiger partial charge >= 0.3 is 6.09 Å². The molecule has 2 aliphatic rings. The SMILES string of the molecule is O=C(O)NC1CCN(c2cc(C3CCCC3)nc(Cl)n2)C1. The van der Waals surface area contributed by atoms with Crippen LogP contribution in [-0.2, 0) is 0 Å². The van der Waals surface area contributed by atoms with Crippen LogP contribution < -0.4 is 10.2 Å². The molecule has 0 aromatic carbocycles. The highest BCUT2D eigenvalue weighted by molar-refractivity contribution is 6.28. The molecule has 0 spiro atoms. The van der Waals surface area contributed by atoms with E-state index in [2.05, 4.69) is 20.2 Å². The Morgan fingerprint density at radius 1 is 1.33 bits per heavy atom. The lowest BCUT2D eigenvalue weighted by atomic mass is 10.0. The second-order valence-corrected chi connectivity index (χ2v) is 6.12. The molecule has 0 bridgehead atoms. The number of nitrogens with one attached hydrogen (secondary N) is 1. The van der Waals surface area contributed by atoms with E-state index in [9.17, 15) is 4.79 Å². The Morgan fingerprint density at radius 2 is 2.10 bits per heavy atom. The summed E-state index contributed by atoms with van der Waals surface area (Å²) in [5.74, 6) is 1.30. The van der Waals surface area contributed by atoms with Crippen molar-refractivity contribution < 1.29 is 9.90 Å². The lowest BCUT2D eigenvalue weighted by molar-refractivity contribution is 0.191. The lowest BCUT2D eigenvalue weighted by Crippen LogP contribution is -2.36. The van der Waals surface area contributed by atoms with Gasteiger partial charge in [0.1, 0.15) is 5.82 Å². The number of amides is 1. The van der Waals surface area contributed by atoms with Gasteiger partial charge in [-0.05, 0) is 30.9 Å². The van der Waals surface area contributed by atoms with E-state index in [1.54, 1.807) is 0 Å². The fourth-order valence-corrected chi connectivity index (χ4v) is 3.46. The minimum absolute atomic E-state index is 0.0498. The van der Waals surface area contributed by atoms with Crippen molar-refractivity contribution in [2.24, 2.45) is 0 Å². The number of carboxylic acid groups (broad SMARTS) is 1. The molecule has 1 unspecified atom stereocenters. The van der Waals surface area contributed by atoms with Crippen molar-refractivity contribution in [1.82, 2.24) is 15.3 Å². The van der Waals surface area contributed by atoms with Gasteiger partial charge in [0.15, 0.2) is 0 Å². The van der Waals surface area contributed by atoms with Gasteiger partial charge in [-0.25, -0.2) is 14.8 Å². The average molecular weight is 311 g/mol. The molecule has 7 heteroatoms. The zero-order valence-electron chi connectivity index (χ0n) is 11.8. The first kappa shape index (κ1) is 14.4. The van der Waals surface area contributed by atoms with Crippen LogP contribution in [0.15, 0.2) is 6.07 Å². The predicted octanol–water partition coefficient (Wildman–Crippen LogP) is 2.63. The molecular weight excluding hydrogens is 292 g/mol. The van der Waals surface area contributed by atoms with E-state index in [-0.39, 0.29) is 11.3 Å². The van der Waals surface area contributed by atoms with Crippen molar-refractivity contribution in [2.75, 3.05) is 18.0 Å². The van der Waals surface area contributed by atoms with Gasteiger partial charge in [0.05, 0.1) is 11.7 Å². The topological polar surface area (TPSA) is 78.4 Å². The normalized spacial score (nSPS) is 22.7. The third kappa shape index (κ3) is 3.37. The van der Waals surface area contributed by atoms with Crippen LogP contribution in [0.4, 0.5) is 10.6 Å². The van der Waals surface area contributed by atoms with Gasteiger partial charge in [-0.3, -0.25) is 0 Å². The van der Waals surface area contributed by atoms with E-state index in [4.69, 9.17) is 16.7 Å². The molecule has 1 aliphatic heterocycles. The number of halogens is 1. The highest BCUT2D eigenvalue weighted by Gasteiger charge is 2.26. The van der Waals surface area contributed by atoms with Crippen molar-refractivity contribution in [1.29, 1.82) is 0 Å². The number of hydrogen-bond acceptors (Lipinski definition) is 4. The Morgan fingerprint density at radius 3 is 2.81 bits per heavy atom. The molecule has 6 nitrogen and oxygen atoms in total. The Balaban J connectivity index is 1.74. The third-order valence-corrected chi connectivity index (χ3v) is 4.49. The molecule has 1 aromatic rings. The van der Waals surface area contributed by atoms with Gasteiger partial charge in [-0.1, -0.05) is 12.8 Å². The summed E-state index contributed by atoms with van der Waals surface area (Å²) in [6.07, 6.45) is 4.62. The van der Waals surface area contributed by atoms with Crippen molar-refractivity contribution >= 4 is 23.5 Å². The monoisotopic (exact) mass is 310 g/mol. The number of carbonyl (C=O) groups is 1. The summed E-state index contributed by atoms with van der Waals surface area (Å²) >= 11 is 6.07. The molecule has 1 aromatic heterocycles. The Labute approximate surface area is 128 Å². The molecule has 1 saturated heterocycles. The van der Waals surface area contributed by atoms with Gasteiger partial charge in [0, 0.05) is 25.1 Å². The molecule has 114 valence electrons. The summed E-state index contributed by atoms with van der Waals surface area (Å²) < 4.78 is 0. The highest BCUT2D eigenvalue weighted by Crippen LogP contribution is 2.34. The summed E-state index contributed by atoms with van der Waals surface area (Å²) in [6, 6.07) is 1.97. The molecule has 1 saturated carbocycles. The zero-order chi connectivity index (χ0) is 14.8. The smallest absolute Gasteiger partial charge is 0.404 e. The first-order valence-corrected chi connectivity index (χ1v) is 7.78. The van der Waals surface area contributed by atoms with E-state index in [1.165, 1.54) is 12.8 Å². The number of rotatable bonds is 3. The number of anilines is 1. The average Bonchev–Trinajstić information content (AvgIpc) is 3.08. The predicted molar refractivity (Wildman–Crippen MR) is 80.0 cm³/mol. The Hall–Kier alpha value is -1.56. The summed E-state index contributed by atoms with van der Waals surface area (Å²) in [4.78, 5) is 21.5. The largest absolute Gasteiger partial charge is 0.465 e. The van der Waals surface area contributed by atoms with E-state index >= 15 is 0 Å². The van der Waals surface area contributed by atoms with E-state index < -0.39 is 6.09 Å². The molecule has 0 radical (unpaired) electrons. The standard InChI is InChI=1S/C14H19ClN4O2/c15-13-17-11(9-3-1-2-4-9)7-12(18-13)19-6-5-10(8-19)16-14(20)21/h7,9-10,16H,1-6,8H2,(H,20,21).